The van der Waals surface area contributed by atoms with E-state index in [9.17, 15) is 8.78 Å². The highest BCUT2D eigenvalue weighted by atomic mass is 19.2. The first-order valence-corrected chi connectivity index (χ1v) is 7.15. The van der Waals surface area contributed by atoms with Crippen molar-refractivity contribution in [1.82, 2.24) is 9.55 Å². The monoisotopic (exact) mass is 301 g/mol. The first-order valence-electron chi connectivity index (χ1n) is 7.15. The fourth-order valence-corrected chi connectivity index (χ4v) is 2.63. The van der Waals surface area contributed by atoms with Crippen LogP contribution in [0.2, 0.25) is 0 Å². The lowest BCUT2D eigenvalue weighted by molar-refractivity contribution is 0.509. The lowest BCUT2D eigenvalue weighted by Crippen LogP contribution is -2.17. The van der Waals surface area contributed by atoms with Crippen LogP contribution < -0.4 is 5.73 Å². The van der Waals surface area contributed by atoms with Crippen molar-refractivity contribution in [1.29, 1.82) is 0 Å². The Morgan fingerprint density at radius 3 is 2.59 bits per heavy atom. The molecule has 0 saturated carbocycles. The number of fused-ring (bicyclic) bond motifs is 1. The predicted octanol–water partition coefficient (Wildman–Crippen LogP) is 3.81. The summed E-state index contributed by atoms with van der Waals surface area (Å²) in [5.74, 6) is -1.11. The Morgan fingerprint density at radius 1 is 1.18 bits per heavy atom. The molecule has 22 heavy (non-hydrogen) atoms. The van der Waals surface area contributed by atoms with Crippen molar-refractivity contribution in [3.8, 4) is 11.4 Å². The van der Waals surface area contributed by atoms with Crippen molar-refractivity contribution < 1.29 is 8.78 Å². The maximum Gasteiger partial charge on any atom is 0.161 e. The topological polar surface area (TPSA) is 43.8 Å². The number of hydrogen-bond acceptors (Lipinski definition) is 2. The largest absolute Gasteiger partial charge is 0.328 e. The maximum absolute atomic E-state index is 13.6. The Kier molecular flexibility index (Phi) is 3.66. The van der Waals surface area contributed by atoms with Gasteiger partial charge in [0.15, 0.2) is 11.6 Å². The highest BCUT2D eigenvalue weighted by Gasteiger charge is 2.18. The van der Waals surface area contributed by atoms with Crippen LogP contribution in [0.1, 0.15) is 18.5 Å². The summed E-state index contributed by atoms with van der Waals surface area (Å²) in [6.45, 7) is 4.30. The molecule has 0 fully saturated rings. The Hall–Kier alpha value is -2.27. The van der Waals surface area contributed by atoms with Crippen LogP contribution in [0.4, 0.5) is 8.78 Å². The molecule has 2 aromatic carbocycles. The number of benzene rings is 2. The summed E-state index contributed by atoms with van der Waals surface area (Å²) in [5.41, 5.74) is 8.75. The molecule has 3 nitrogen and oxygen atoms in total. The first-order chi connectivity index (χ1) is 10.5. The molecule has 0 aliphatic carbocycles. The molecule has 1 heterocycles. The van der Waals surface area contributed by atoms with Crippen LogP contribution in [0.15, 0.2) is 36.4 Å². The summed E-state index contributed by atoms with van der Waals surface area (Å²) in [6.07, 6.45) is 0. The normalized spacial score (nSPS) is 12.8. The third-order valence-corrected chi connectivity index (χ3v) is 3.79. The zero-order valence-electron chi connectivity index (χ0n) is 12.5. The van der Waals surface area contributed by atoms with Gasteiger partial charge in [0, 0.05) is 30.3 Å². The lowest BCUT2D eigenvalue weighted by Gasteiger charge is -2.16. The molecule has 1 unspecified atom stereocenters. The van der Waals surface area contributed by atoms with E-state index in [-0.39, 0.29) is 6.04 Å². The van der Waals surface area contributed by atoms with E-state index >= 15 is 0 Å². The molecule has 114 valence electrons. The molecule has 3 rings (SSSR count). The quantitative estimate of drug-likeness (QED) is 0.799. The zero-order chi connectivity index (χ0) is 15.9. The second-order valence-electron chi connectivity index (χ2n) is 5.51. The van der Waals surface area contributed by atoms with Gasteiger partial charge in [-0.15, -0.1) is 0 Å². The molecule has 2 N–H and O–H groups in total. The molecule has 0 saturated heterocycles. The summed E-state index contributed by atoms with van der Waals surface area (Å²) in [5, 5.41) is 0. The molecule has 0 spiro atoms. The van der Waals surface area contributed by atoms with E-state index in [1.54, 1.807) is 0 Å². The first kappa shape index (κ1) is 14.7. The average molecular weight is 301 g/mol. The second-order valence-corrected chi connectivity index (χ2v) is 5.51. The third kappa shape index (κ3) is 2.37. The molecule has 5 heteroatoms. The summed E-state index contributed by atoms with van der Waals surface area (Å²) in [7, 11) is 0. The highest BCUT2D eigenvalue weighted by molar-refractivity contribution is 5.81. The zero-order valence-corrected chi connectivity index (χ0v) is 12.5. The number of nitrogens with two attached hydrogens (primary N) is 1. The number of aryl methyl sites for hydroxylation is 1. The van der Waals surface area contributed by atoms with E-state index in [2.05, 4.69) is 4.98 Å². The second kappa shape index (κ2) is 5.50. The average Bonchev–Trinajstić information content (AvgIpc) is 2.85. The number of nitrogens with zero attached hydrogens (tertiary/aromatic N) is 2. The Labute approximate surface area is 127 Å². The van der Waals surface area contributed by atoms with Gasteiger partial charge in [-0.05, 0) is 19.9 Å². The van der Waals surface area contributed by atoms with Crippen molar-refractivity contribution in [3.05, 3.63) is 53.6 Å². The molecular formula is C17H17F2N3. The van der Waals surface area contributed by atoms with Gasteiger partial charge in [0.05, 0.1) is 11.0 Å². The SMILES string of the molecule is Cc1cccc(-c2nc3cc(F)c(F)cc3n2C(C)CN)c1. The minimum absolute atomic E-state index is 0.0784. The van der Waals surface area contributed by atoms with Crippen LogP contribution in [-0.2, 0) is 0 Å². The third-order valence-electron chi connectivity index (χ3n) is 3.79. The van der Waals surface area contributed by atoms with Gasteiger partial charge in [-0.1, -0.05) is 23.8 Å². The molecule has 0 amide bonds. The van der Waals surface area contributed by atoms with Crippen LogP contribution in [0.25, 0.3) is 22.4 Å². The molecule has 0 bridgehead atoms. The molecule has 0 aliphatic rings. The molecule has 1 aromatic heterocycles. The Balaban J connectivity index is 2.33. The van der Waals surface area contributed by atoms with Gasteiger partial charge < -0.3 is 10.3 Å². The van der Waals surface area contributed by atoms with Crippen LogP contribution in [0.3, 0.4) is 0 Å². The van der Waals surface area contributed by atoms with Crippen molar-refractivity contribution in [2.45, 2.75) is 19.9 Å². The fourth-order valence-electron chi connectivity index (χ4n) is 2.63. The smallest absolute Gasteiger partial charge is 0.161 e. The highest BCUT2D eigenvalue weighted by Crippen LogP contribution is 2.29. The van der Waals surface area contributed by atoms with Gasteiger partial charge in [0.2, 0.25) is 0 Å². The fraction of sp³-hybridized carbons (Fsp3) is 0.235. The summed E-state index contributed by atoms with van der Waals surface area (Å²) >= 11 is 0. The van der Waals surface area contributed by atoms with Crippen molar-refractivity contribution in [3.63, 3.8) is 0 Å². The molecule has 0 radical (unpaired) electrons. The van der Waals surface area contributed by atoms with Gasteiger partial charge in [0.1, 0.15) is 5.82 Å². The predicted molar refractivity (Wildman–Crippen MR) is 83.6 cm³/mol. The standard InChI is InChI=1S/C17H17F2N3/c1-10-4-3-5-12(6-10)17-21-15-7-13(18)14(19)8-16(15)22(17)11(2)9-20/h3-8,11H,9,20H2,1-2H3. The number of halogens is 2. The van der Waals surface area contributed by atoms with E-state index in [0.717, 1.165) is 17.2 Å². The molecule has 3 aromatic rings. The van der Waals surface area contributed by atoms with Crippen molar-refractivity contribution in [2.75, 3.05) is 6.54 Å². The van der Waals surface area contributed by atoms with Gasteiger partial charge in [-0.2, -0.15) is 0 Å². The number of aromatic nitrogens is 2. The number of rotatable bonds is 3. The van der Waals surface area contributed by atoms with Gasteiger partial charge in [-0.25, -0.2) is 13.8 Å². The Morgan fingerprint density at radius 2 is 1.91 bits per heavy atom. The maximum atomic E-state index is 13.6. The summed E-state index contributed by atoms with van der Waals surface area (Å²) in [6, 6.07) is 10.1. The lowest BCUT2D eigenvalue weighted by atomic mass is 10.1. The van der Waals surface area contributed by atoms with E-state index < -0.39 is 11.6 Å². The number of imidazole rings is 1. The minimum atomic E-state index is -0.895. The minimum Gasteiger partial charge on any atom is -0.328 e. The Bertz CT molecular complexity index is 839. The number of hydrogen-bond donors (Lipinski definition) is 1. The van der Waals surface area contributed by atoms with Crippen molar-refractivity contribution in [2.24, 2.45) is 5.73 Å². The van der Waals surface area contributed by atoms with Crippen LogP contribution in [0, 0.1) is 18.6 Å². The summed E-state index contributed by atoms with van der Waals surface area (Å²) in [4.78, 5) is 4.50. The van der Waals surface area contributed by atoms with Crippen molar-refractivity contribution >= 4 is 11.0 Å². The van der Waals surface area contributed by atoms with E-state index in [1.165, 1.54) is 6.07 Å². The molecule has 0 aliphatic heterocycles. The van der Waals surface area contributed by atoms with Gasteiger partial charge >= 0.3 is 0 Å². The van der Waals surface area contributed by atoms with Crippen LogP contribution in [0.5, 0.6) is 0 Å². The van der Waals surface area contributed by atoms with Gasteiger partial charge in [-0.3, -0.25) is 0 Å². The van der Waals surface area contributed by atoms with Crippen LogP contribution >= 0.6 is 0 Å². The molecular weight excluding hydrogens is 284 g/mol. The van der Waals surface area contributed by atoms with E-state index in [1.807, 2.05) is 42.7 Å². The molecule has 1 atom stereocenters. The van der Waals surface area contributed by atoms with Gasteiger partial charge in [0.25, 0.3) is 0 Å². The van der Waals surface area contributed by atoms with Crippen LogP contribution in [-0.4, -0.2) is 16.1 Å². The van der Waals surface area contributed by atoms with E-state index in [4.69, 9.17) is 5.73 Å². The van der Waals surface area contributed by atoms with E-state index in [0.29, 0.717) is 23.4 Å². The summed E-state index contributed by atoms with van der Waals surface area (Å²) < 4.78 is 29.0.